The molecule has 0 heterocycles. The van der Waals surface area contributed by atoms with Crippen LogP contribution in [0.2, 0.25) is 0 Å². The zero-order chi connectivity index (χ0) is 17.5. The van der Waals surface area contributed by atoms with E-state index in [-0.39, 0.29) is 18.3 Å². The van der Waals surface area contributed by atoms with Gasteiger partial charge in [0.25, 0.3) is 0 Å². The molecule has 0 fully saturated rings. The summed E-state index contributed by atoms with van der Waals surface area (Å²) in [6.07, 6.45) is -0.844. The third-order valence-corrected chi connectivity index (χ3v) is 3.69. The van der Waals surface area contributed by atoms with Gasteiger partial charge in [-0.3, -0.25) is 0 Å². The van der Waals surface area contributed by atoms with Gasteiger partial charge in [-0.1, -0.05) is 30.3 Å². The van der Waals surface area contributed by atoms with Crippen molar-refractivity contribution in [1.82, 2.24) is 5.32 Å². The SMILES string of the molecule is COc1ccccc1C(C)NCC(O)c1cccc(OC(F)F)c1. The van der Waals surface area contributed by atoms with Crippen LogP contribution in [0.3, 0.4) is 0 Å². The second kappa shape index (κ2) is 8.61. The Balaban J connectivity index is 1.98. The zero-order valence-corrected chi connectivity index (χ0v) is 13.6. The summed E-state index contributed by atoms with van der Waals surface area (Å²) in [6.45, 7) is -0.667. The highest BCUT2D eigenvalue weighted by molar-refractivity contribution is 5.35. The van der Waals surface area contributed by atoms with E-state index < -0.39 is 12.7 Å². The molecule has 0 aliphatic carbocycles. The predicted octanol–water partition coefficient (Wildman–Crippen LogP) is 3.68. The Morgan fingerprint density at radius 1 is 1.12 bits per heavy atom. The van der Waals surface area contributed by atoms with Gasteiger partial charge in [-0.2, -0.15) is 8.78 Å². The first kappa shape index (κ1) is 18.2. The van der Waals surface area contributed by atoms with Crippen molar-refractivity contribution in [3.63, 3.8) is 0 Å². The molecule has 0 bridgehead atoms. The van der Waals surface area contributed by atoms with Gasteiger partial charge in [-0.05, 0) is 30.7 Å². The normalized spacial score (nSPS) is 13.6. The van der Waals surface area contributed by atoms with E-state index in [2.05, 4.69) is 10.1 Å². The first-order chi connectivity index (χ1) is 11.5. The topological polar surface area (TPSA) is 50.7 Å². The molecule has 0 aliphatic rings. The molecule has 2 atom stereocenters. The first-order valence-electron chi connectivity index (χ1n) is 7.60. The summed E-state index contributed by atoms with van der Waals surface area (Å²) >= 11 is 0. The lowest BCUT2D eigenvalue weighted by atomic mass is 10.1. The van der Waals surface area contributed by atoms with Crippen LogP contribution in [0.25, 0.3) is 0 Å². The highest BCUT2D eigenvalue weighted by atomic mass is 19.3. The maximum Gasteiger partial charge on any atom is 0.387 e. The molecule has 0 amide bonds. The Hall–Kier alpha value is -2.18. The number of rotatable bonds is 8. The van der Waals surface area contributed by atoms with E-state index in [9.17, 15) is 13.9 Å². The van der Waals surface area contributed by atoms with Crippen molar-refractivity contribution in [2.45, 2.75) is 25.7 Å². The number of nitrogens with one attached hydrogen (secondary N) is 1. The third-order valence-electron chi connectivity index (χ3n) is 3.69. The Labute approximate surface area is 140 Å². The van der Waals surface area contributed by atoms with E-state index >= 15 is 0 Å². The number of alkyl halides is 2. The summed E-state index contributed by atoms with van der Waals surface area (Å²) < 4.78 is 34.2. The van der Waals surface area contributed by atoms with Gasteiger partial charge in [0.05, 0.1) is 13.2 Å². The minimum Gasteiger partial charge on any atom is -0.496 e. The van der Waals surface area contributed by atoms with Crippen LogP contribution < -0.4 is 14.8 Å². The van der Waals surface area contributed by atoms with E-state index in [0.717, 1.165) is 11.3 Å². The van der Waals surface area contributed by atoms with Gasteiger partial charge in [0.1, 0.15) is 11.5 Å². The fraction of sp³-hybridized carbons (Fsp3) is 0.333. The van der Waals surface area contributed by atoms with Crippen LogP contribution in [0.15, 0.2) is 48.5 Å². The molecule has 0 radical (unpaired) electrons. The number of benzene rings is 2. The van der Waals surface area contributed by atoms with Crippen molar-refractivity contribution in [3.8, 4) is 11.5 Å². The first-order valence-corrected chi connectivity index (χ1v) is 7.60. The molecule has 2 aromatic carbocycles. The van der Waals surface area contributed by atoms with Gasteiger partial charge in [0.15, 0.2) is 0 Å². The van der Waals surface area contributed by atoms with Crippen LogP contribution >= 0.6 is 0 Å². The largest absolute Gasteiger partial charge is 0.496 e. The molecule has 4 nitrogen and oxygen atoms in total. The maximum atomic E-state index is 12.3. The van der Waals surface area contributed by atoms with Crippen LogP contribution in [-0.2, 0) is 0 Å². The number of ether oxygens (including phenoxy) is 2. The van der Waals surface area contributed by atoms with Gasteiger partial charge in [-0.25, -0.2) is 0 Å². The average molecular weight is 337 g/mol. The molecule has 0 spiro atoms. The zero-order valence-electron chi connectivity index (χ0n) is 13.6. The fourth-order valence-electron chi connectivity index (χ4n) is 2.44. The highest BCUT2D eigenvalue weighted by Gasteiger charge is 2.14. The molecule has 0 aromatic heterocycles. The van der Waals surface area contributed by atoms with Crippen LogP contribution in [-0.4, -0.2) is 25.4 Å². The molecule has 2 N–H and O–H groups in total. The minimum absolute atomic E-state index is 0.0272. The number of aliphatic hydroxyl groups is 1. The smallest absolute Gasteiger partial charge is 0.387 e. The van der Waals surface area contributed by atoms with Crippen LogP contribution in [0.5, 0.6) is 11.5 Å². The lowest BCUT2D eigenvalue weighted by Crippen LogP contribution is -2.25. The summed E-state index contributed by atoms with van der Waals surface area (Å²) in [4.78, 5) is 0. The number of hydrogen-bond donors (Lipinski definition) is 2. The number of halogens is 2. The Morgan fingerprint density at radius 2 is 1.88 bits per heavy atom. The third kappa shape index (κ3) is 4.91. The molecule has 0 aliphatic heterocycles. The number of para-hydroxylation sites is 1. The van der Waals surface area contributed by atoms with Crippen LogP contribution in [0, 0.1) is 0 Å². The van der Waals surface area contributed by atoms with Crippen molar-refractivity contribution in [3.05, 3.63) is 59.7 Å². The summed E-state index contributed by atoms with van der Waals surface area (Å²) in [5.74, 6) is 0.790. The molecule has 6 heteroatoms. The van der Waals surface area contributed by atoms with Gasteiger partial charge in [0.2, 0.25) is 0 Å². The van der Waals surface area contributed by atoms with Gasteiger partial charge >= 0.3 is 6.61 Å². The van der Waals surface area contributed by atoms with Crippen LogP contribution in [0.1, 0.15) is 30.2 Å². The molecule has 2 rings (SSSR count). The summed E-state index contributed by atoms with van der Waals surface area (Å²) in [6, 6.07) is 13.6. The molecule has 2 unspecified atom stereocenters. The average Bonchev–Trinajstić information content (AvgIpc) is 2.59. The highest BCUT2D eigenvalue weighted by Crippen LogP contribution is 2.25. The Bertz CT molecular complexity index is 652. The number of aliphatic hydroxyl groups excluding tert-OH is 1. The molecular weight excluding hydrogens is 316 g/mol. The fourth-order valence-corrected chi connectivity index (χ4v) is 2.44. The summed E-state index contributed by atoms with van der Waals surface area (Å²) in [7, 11) is 1.61. The van der Waals surface area contributed by atoms with Gasteiger partial charge < -0.3 is 19.9 Å². The lowest BCUT2D eigenvalue weighted by molar-refractivity contribution is -0.0499. The van der Waals surface area contributed by atoms with Crippen molar-refractivity contribution in [2.75, 3.05) is 13.7 Å². The van der Waals surface area contributed by atoms with Gasteiger partial charge in [-0.15, -0.1) is 0 Å². The molecule has 0 saturated heterocycles. The molecule has 0 saturated carbocycles. The molecular formula is C18H21F2NO3. The Kier molecular flexibility index (Phi) is 6.52. The second-order valence-corrected chi connectivity index (χ2v) is 5.34. The second-order valence-electron chi connectivity index (χ2n) is 5.34. The summed E-state index contributed by atoms with van der Waals surface area (Å²) in [5, 5.41) is 13.5. The number of hydrogen-bond acceptors (Lipinski definition) is 4. The van der Waals surface area contributed by atoms with Crippen molar-refractivity contribution >= 4 is 0 Å². The maximum absolute atomic E-state index is 12.3. The standard InChI is InChI=1S/C18H21F2NO3/c1-12(15-8-3-4-9-17(15)23-2)21-11-16(22)13-6-5-7-14(10-13)24-18(19)20/h3-10,12,16,18,21-22H,11H2,1-2H3. The lowest BCUT2D eigenvalue weighted by Gasteiger charge is -2.20. The monoisotopic (exact) mass is 337 g/mol. The molecule has 130 valence electrons. The Morgan fingerprint density at radius 3 is 2.58 bits per heavy atom. The number of methoxy groups -OCH3 is 1. The van der Waals surface area contributed by atoms with Gasteiger partial charge in [0, 0.05) is 18.2 Å². The minimum atomic E-state index is -2.89. The van der Waals surface area contributed by atoms with E-state index in [0.29, 0.717) is 5.56 Å². The predicted molar refractivity (Wildman–Crippen MR) is 87.4 cm³/mol. The van der Waals surface area contributed by atoms with Crippen molar-refractivity contribution in [2.24, 2.45) is 0 Å². The quantitative estimate of drug-likeness (QED) is 0.771. The van der Waals surface area contributed by atoms with Crippen LogP contribution in [0.4, 0.5) is 8.78 Å². The van der Waals surface area contributed by atoms with E-state index in [1.165, 1.54) is 12.1 Å². The van der Waals surface area contributed by atoms with E-state index in [1.54, 1.807) is 19.2 Å². The van der Waals surface area contributed by atoms with Crippen molar-refractivity contribution < 1.29 is 23.4 Å². The summed E-state index contributed by atoms with van der Waals surface area (Å²) in [5.41, 5.74) is 1.48. The van der Waals surface area contributed by atoms with E-state index in [4.69, 9.17) is 4.74 Å². The van der Waals surface area contributed by atoms with Crippen molar-refractivity contribution in [1.29, 1.82) is 0 Å². The van der Waals surface area contributed by atoms with E-state index in [1.807, 2.05) is 31.2 Å². The molecule has 2 aromatic rings. The molecule has 24 heavy (non-hydrogen) atoms.